The van der Waals surface area contributed by atoms with Gasteiger partial charge in [0.15, 0.2) is 0 Å². The summed E-state index contributed by atoms with van der Waals surface area (Å²) in [6.45, 7) is 6.58. The molecule has 0 aliphatic carbocycles. The van der Waals surface area contributed by atoms with E-state index in [1.54, 1.807) is 6.92 Å². The first-order valence-corrected chi connectivity index (χ1v) is 6.35. The fourth-order valence-electron chi connectivity index (χ4n) is 1.78. The third-order valence-corrected chi connectivity index (χ3v) is 2.65. The van der Waals surface area contributed by atoms with E-state index in [4.69, 9.17) is 4.74 Å². The van der Waals surface area contributed by atoms with Gasteiger partial charge in [0.25, 0.3) is 0 Å². The highest BCUT2D eigenvalue weighted by Gasteiger charge is 2.04. The summed E-state index contributed by atoms with van der Waals surface area (Å²) in [6.07, 6.45) is 3.49. The molecule has 94 valence electrons. The molecule has 2 heteroatoms. The molecule has 1 aromatic carbocycles. The van der Waals surface area contributed by atoms with Crippen LogP contribution >= 0.6 is 0 Å². The minimum atomic E-state index is 0.258. The van der Waals surface area contributed by atoms with Gasteiger partial charge in [0.1, 0.15) is 11.5 Å². The van der Waals surface area contributed by atoms with Crippen LogP contribution in [0.2, 0.25) is 0 Å². The Morgan fingerprint density at radius 2 is 2.12 bits per heavy atom. The van der Waals surface area contributed by atoms with Crippen molar-refractivity contribution in [3.63, 3.8) is 0 Å². The van der Waals surface area contributed by atoms with Gasteiger partial charge in [0.05, 0.1) is 6.61 Å². The van der Waals surface area contributed by atoms with E-state index in [1.165, 1.54) is 11.1 Å². The molecule has 0 saturated carbocycles. The van der Waals surface area contributed by atoms with E-state index in [0.29, 0.717) is 6.42 Å². The second-order valence-corrected chi connectivity index (χ2v) is 4.52. The van der Waals surface area contributed by atoms with Gasteiger partial charge in [-0.15, -0.1) is 0 Å². The zero-order chi connectivity index (χ0) is 12.7. The summed E-state index contributed by atoms with van der Waals surface area (Å²) in [5.41, 5.74) is 2.46. The first kappa shape index (κ1) is 13.8. The summed E-state index contributed by atoms with van der Waals surface area (Å²) in [5, 5.41) is 0. The van der Waals surface area contributed by atoms with Crippen molar-refractivity contribution in [3.05, 3.63) is 29.3 Å². The molecule has 17 heavy (non-hydrogen) atoms. The summed E-state index contributed by atoms with van der Waals surface area (Å²) in [4.78, 5) is 10.9. The maximum Gasteiger partial charge on any atom is 0.129 e. The van der Waals surface area contributed by atoms with Crippen LogP contribution in [0.3, 0.4) is 0 Å². The molecule has 1 rings (SSSR count). The van der Waals surface area contributed by atoms with Crippen molar-refractivity contribution in [2.24, 2.45) is 0 Å². The Morgan fingerprint density at radius 1 is 1.35 bits per heavy atom. The van der Waals surface area contributed by atoms with Crippen molar-refractivity contribution in [1.82, 2.24) is 0 Å². The molecular weight excluding hydrogens is 212 g/mol. The Balaban J connectivity index is 2.65. The molecule has 0 bridgehead atoms. The van der Waals surface area contributed by atoms with Crippen LogP contribution in [0.5, 0.6) is 5.75 Å². The number of Topliss-reactive ketones (excluding diaryl/α,β-unsaturated/α-hetero) is 1. The molecule has 0 saturated heterocycles. The van der Waals surface area contributed by atoms with Crippen LogP contribution in [0.1, 0.15) is 44.2 Å². The first-order chi connectivity index (χ1) is 8.13. The molecule has 1 aromatic rings. The average molecular weight is 234 g/mol. The van der Waals surface area contributed by atoms with E-state index < -0.39 is 0 Å². The van der Waals surface area contributed by atoms with Gasteiger partial charge in [-0.25, -0.2) is 0 Å². The lowest BCUT2D eigenvalue weighted by molar-refractivity contribution is -0.117. The summed E-state index contributed by atoms with van der Waals surface area (Å²) in [6, 6.07) is 6.26. The largest absolute Gasteiger partial charge is 0.493 e. The monoisotopic (exact) mass is 234 g/mol. The number of carbonyl (C=O) groups is 1. The summed E-state index contributed by atoms with van der Waals surface area (Å²) < 4.78 is 5.71. The molecule has 0 radical (unpaired) electrons. The highest BCUT2D eigenvalue weighted by atomic mass is 16.5. The van der Waals surface area contributed by atoms with Crippen LogP contribution in [0.15, 0.2) is 18.2 Å². The van der Waals surface area contributed by atoms with Gasteiger partial charge < -0.3 is 9.53 Å². The van der Waals surface area contributed by atoms with E-state index in [2.05, 4.69) is 26.0 Å². The van der Waals surface area contributed by atoms with Gasteiger partial charge in [-0.2, -0.15) is 0 Å². The Labute approximate surface area is 104 Å². The van der Waals surface area contributed by atoms with E-state index in [-0.39, 0.29) is 5.78 Å². The Bertz CT molecular complexity index is 369. The number of carbonyl (C=O) groups excluding carboxylic acids is 1. The lowest BCUT2D eigenvalue weighted by Crippen LogP contribution is -2.00. The van der Waals surface area contributed by atoms with Crippen molar-refractivity contribution in [1.29, 1.82) is 0 Å². The van der Waals surface area contributed by atoms with Gasteiger partial charge in [-0.3, -0.25) is 0 Å². The highest BCUT2D eigenvalue weighted by molar-refractivity contribution is 5.75. The van der Waals surface area contributed by atoms with Crippen molar-refractivity contribution in [3.8, 4) is 5.75 Å². The second kappa shape index (κ2) is 7.10. The average Bonchev–Trinajstić information content (AvgIpc) is 2.27. The third-order valence-electron chi connectivity index (χ3n) is 2.65. The second-order valence-electron chi connectivity index (χ2n) is 4.52. The van der Waals surface area contributed by atoms with E-state index in [1.807, 2.05) is 6.07 Å². The molecule has 0 spiro atoms. The smallest absolute Gasteiger partial charge is 0.129 e. The minimum Gasteiger partial charge on any atom is -0.493 e. The van der Waals surface area contributed by atoms with Crippen LogP contribution in [-0.2, 0) is 11.2 Å². The normalized spacial score (nSPS) is 10.3. The summed E-state index contributed by atoms with van der Waals surface area (Å²) in [7, 11) is 0. The molecule has 0 heterocycles. The van der Waals surface area contributed by atoms with Crippen molar-refractivity contribution in [2.45, 2.75) is 46.5 Å². The van der Waals surface area contributed by atoms with Gasteiger partial charge in [-0.05, 0) is 44.7 Å². The highest BCUT2D eigenvalue weighted by Crippen LogP contribution is 2.22. The van der Waals surface area contributed by atoms with Gasteiger partial charge >= 0.3 is 0 Å². The standard InChI is InChI=1S/C15H22O2/c1-4-10-17-15-9-8-12(2)11-14(15)7-5-6-13(3)16/h8-9,11H,4-7,10H2,1-3H3. The number of hydrogen-bond donors (Lipinski definition) is 0. The lowest BCUT2D eigenvalue weighted by atomic mass is 10.0. The topological polar surface area (TPSA) is 26.3 Å². The number of rotatable bonds is 7. The zero-order valence-corrected chi connectivity index (χ0v) is 11.1. The summed E-state index contributed by atoms with van der Waals surface area (Å²) in [5.74, 6) is 1.23. The fourth-order valence-corrected chi connectivity index (χ4v) is 1.78. The number of ether oxygens (including phenoxy) is 1. The number of hydrogen-bond acceptors (Lipinski definition) is 2. The lowest BCUT2D eigenvalue weighted by Gasteiger charge is -2.11. The fraction of sp³-hybridized carbons (Fsp3) is 0.533. The maximum absolute atomic E-state index is 10.9. The van der Waals surface area contributed by atoms with E-state index in [0.717, 1.165) is 31.6 Å². The maximum atomic E-state index is 10.9. The van der Waals surface area contributed by atoms with Crippen LogP contribution in [0, 0.1) is 6.92 Å². The zero-order valence-electron chi connectivity index (χ0n) is 11.1. The van der Waals surface area contributed by atoms with Gasteiger partial charge in [0.2, 0.25) is 0 Å². The number of ketones is 1. The predicted molar refractivity (Wildman–Crippen MR) is 70.6 cm³/mol. The van der Waals surface area contributed by atoms with Crippen molar-refractivity contribution in [2.75, 3.05) is 6.61 Å². The molecule has 0 unspecified atom stereocenters. The number of aryl methyl sites for hydroxylation is 2. The molecule has 0 aliphatic rings. The third kappa shape index (κ3) is 5.03. The Kier molecular flexibility index (Phi) is 5.75. The summed E-state index contributed by atoms with van der Waals surface area (Å²) >= 11 is 0. The number of benzene rings is 1. The van der Waals surface area contributed by atoms with Crippen LogP contribution < -0.4 is 4.74 Å². The van der Waals surface area contributed by atoms with E-state index in [9.17, 15) is 4.79 Å². The van der Waals surface area contributed by atoms with Crippen molar-refractivity contribution < 1.29 is 9.53 Å². The van der Waals surface area contributed by atoms with Crippen LogP contribution in [0.25, 0.3) is 0 Å². The quantitative estimate of drug-likeness (QED) is 0.719. The molecule has 0 amide bonds. The van der Waals surface area contributed by atoms with Crippen LogP contribution in [-0.4, -0.2) is 12.4 Å². The molecular formula is C15H22O2. The van der Waals surface area contributed by atoms with Crippen LogP contribution in [0.4, 0.5) is 0 Å². The Hall–Kier alpha value is -1.31. The molecule has 0 aliphatic heterocycles. The predicted octanol–water partition coefficient (Wildman–Crippen LogP) is 3.70. The molecule has 0 aromatic heterocycles. The Morgan fingerprint density at radius 3 is 2.76 bits per heavy atom. The minimum absolute atomic E-state index is 0.258. The molecule has 0 atom stereocenters. The SMILES string of the molecule is CCCOc1ccc(C)cc1CCCC(C)=O. The van der Waals surface area contributed by atoms with Gasteiger partial charge in [0, 0.05) is 6.42 Å². The molecule has 2 nitrogen and oxygen atoms in total. The molecule has 0 fully saturated rings. The van der Waals surface area contributed by atoms with E-state index >= 15 is 0 Å². The van der Waals surface area contributed by atoms with Gasteiger partial charge in [-0.1, -0.05) is 24.6 Å². The van der Waals surface area contributed by atoms with Crippen molar-refractivity contribution >= 4 is 5.78 Å². The first-order valence-electron chi connectivity index (χ1n) is 6.35. The molecule has 0 N–H and O–H groups in total.